The minimum Gasteiger partial charge on any atom is -0.396 e. The lowest BCUT2D eigenvalue weighted by atomic mass is 9.86. The number of hydrogen-bond donors (Lipinski definition) is 1. The highest BCUT2D eigenvalue weighted by Gasteiger charge is 2.19. The van der Waals surface area contributed by atoms with Gasteiger partial charge in [0.25, 0.3) is 5.69 Å². The van der Waals surface area contributed by atoms with Crippen molar-refractivity contribution in [3.63, 3.8) is 0 Å². The first-order valence-corrected chi connectivity index (χ1v) is 5.35. The molecule has 0 aliphatic carbocycles. The molecule has 1 rings (SSSR count). The minimum atomic E-state index is -0.470. The maximum Gasteiger partial charge on any atom is 0.269 e. The number of benzene rings is 1. The smallest absolute Gasteiger partial charge is 0.269 e. The van der Waals surface area contributed by atoms with Crippen molar-refractivity contribution in [2.75, 3.05) is 6.61 Å². The normalized spacial score (nSPS) is 13.7. The van der Waals surface area contributed by atoms with E-state index in [2.05, 4.69) is 6.07 Å². The Balaban J connectivity index is 2.90. The molecular weight excluding hydrogens is 220 g/mol. The molecular formula is C12H14N2O3. The maximum atomic E-state index is 10.5. The summed E-state index contributed by atoms with van der Waals surface area (Å²) >= 11 is 0. The van der Waals surface area contributed by atoms with Crippen LogP contribution < -0.4 is 0 Å². The Labute approximate surface area is 99.5 Å². The predicted octanol–water partition coefficient (Wildman–Crippen LogP) is 2.22. The van der Waals surface area contributed by atoms with Gasteiger partial charge in [0.2, 0.25) is 0 Å². The molecule has 0 aliphatic heterocycles. The van der Waals surface area contributed by atoms with Gasteiger partial charge in [-0.25, -0.2) is 0 Å². The molecule has 5 heteroatoms. The largest absolute Gasteiger partial charge is 0.396 e. The molecule has 0 radical (unpaired) electrons. The Morgan fingerprint density at radius 3 is 2.47 bits per heavy atom. The van der Waals surface area contributed by atoms with E-state index in [0.717, 1.165) is 5.56 Å². The predicted molar refractivity (Wildman–Crippen MR) is 62.3 cm³/mol. The average Bonchev–Trinajstić information content (AvgIpc) is 2.31. The minimum absolute atomic E-state index is 0.0141. The number of nitro groups is 1. The summed E-state index contributed by atoms with van der Waals surface area (Å²) in [6.07, 6.45) is 0.537. The number of nitriles is 1. The molecule has 0 aromatic heterocycles. The van der Waals surface area contributed by atoms with E-state index >= 15 is 0 Å². The molecule has 0 amide bonds. The third kappa shape index (κ3) is 3.26. The number of hydrogen-bond acceptors (Lipinski definition) is 4. The summed E-state index contributed by atoms with van der Waals surface area (Å²) in [4.78, 5) is 10.0. The highest BCUT2D eigenvalue weighted by Crippen LogP contribution is 2.27. The number of aliphatic hydroxyl groups excluding tert-OH is 1. The number of aliphatic hydroxyl groups is 1. The summed E-state index contributed by atoms with van der Waals surface area (Å²) in [5.41, 5.74) is 0.763. The van der Waals surface area contributed by atoms with Gasteiger partial charge >= 0.3 is 0 Å². The van der Waals surface area contributed by atoms with Crippen molar-refractivity contribution in [1.29, 1.82) is 5.26 Å². The summed E-state index contributed by atoms with van der Waals surface area (Å²) in [6, 6.07) is 8.15. The molecule has 0 saturated heterocycles. The zero-order valence-electron chi connectivity index (χ0n) is 9.54. The molecule has 1 aromatic rings. The quantitative estimate of drug-likeness (QED) is 0.625. The number of rotatable bonds is 5. The SMILES string of the molecule is C[C@@H](CCO)[C@@H](C#N)c1ccc([N+](=O)[O-])cc1. The zero-order chi connectivity index (χ0) is 12.8. The fraction of sp³-hybridized carbons (Fsp3) is 0.417. The van der Waals surface area contributed by atoms with Crippen LogP contribution in [-0.4, -0.2) is 16.6 Å². The molecule has 0 spiro atoms. The molecule has 0 heterocycles. The van der Waals surface area contributed by atoms with Crippen LogP contribution in [0.3, 0.4) is 0 Å². The van der Waals surface area contributed by atoms with E-state index in [9.17, 15) is 10.1 Å². The number of non-ortho nitro benzene ring substituents is 1. The van der Waals surface area contributed by atoms with E-state index < -0.39 is 4.92 Å². The van der Waals surface area contributed by atoms with Crippen LogP contribution in [0, 0.1) is 27.4 Å². The Morgan fingerprint density at radius 1 is 1.47 bits per heavy atom. The third-order valence-corrected chi connectivity index (χ3v) is 2.76. The average molecular weight is 234 g/mol. The van der Waals surface area contributed by atoms with E-state index in [0.29, 0.717) is 6.42 Å². The van der Waals surface area contributed by atoms with Gasteiger partial charge in [-0.05, 0) is 17.9 Å². The van der Waals surface area contributed by atoms with E-state index in [4.69, 9.17) is 10.4 Å². The second-order valence-corrected chi connectivity index (χ2v) is 3.94. The van der Waals surface area contributed by atoms with Crippen molar-refractivity contribution >= 4 is 5.69 Å². The highest BCUT2D eigenvalue weighted by molar-refractivity contribution is 5.36. The van der Waals surface area contributed by atoms with Crippen molar-refractivity contribution < 1.29 is 10.0 Å². The molecule has 0 fully saturated rings. The van der Waals surface area contributed by atoms with Crippen molar-refractivity contribution in [2.24, 2.45) is 5.92 Å². The first-order valence-electron chi connectivity index (χ1n) is 5.35. The summed E-state index contributed by atoms with van der Waals surface area (Å²) in [5, 5.41) is 28.4. The van der Waals surface area contributed by atoms with Crippen LogP contribution >= 0.6 is 0 Å². The van der Waals surface area contributed by atoms with Crippen LogP contribution in [0.25, 0.3) is 0 Å². The molecule has 1 aromatic carbocycles. The van der Waals surface area contributed by atoms with E-state index in [1.54, 1.807) is 12.1 Å². The van der Waals surface area contributed by atoms with Gasteiger partial charge < -0.3 is 5.11 Å². The molecule has 2 atom stereocenters. The van der Waals surface area contributed by atoms with Crippen molar-refractivity contribution in [2.45, 2.75) is 19.3 Å². The van der Waals surface area contributed by atoms with Gasteiger partial charge in [-0.2, -0.15) is 5.26 Å². The van der Waals surface area contributed by atoms with Crippen LogP contribution in [-0.2, 0) is 0 Å². The Bertz CT molecular complexity index is 422. The fourth-order valence-corrected chi connectivity index (χ4v) is 1.70. The lowest BCUT2D eigenvalue weighted by Gasteiger charge is -2.16. The number of nitro benzene ring substituents is 1. The Hall–Kier alpha value is -1.93. The van der Waals surface area contributed by atoms with Gasteiger partial charge in [-0.1, -0.05) is 19.1 Å². The summed E-state index contributed by atoms with van der Waals surface area (Å²) in [6.45, 7) is 1.91. The van der Waals surface area contributed by atoms with Gasteiger partial charge in [-0.3, -0.25) is 10.1 Å². The summed E-state index contributed by atoms with van der Waals surface area (Å²) < 4.78 is 0. The van der Waals surface area contributed by atoms with Crippen LogP contribution in [0.5, 0.6) is 0 Å². The summed E-state index contributed by atoms with van der Waals surface area (Å²) in [5.74, 6) is -0.325. The Kier molecular flexibility index (Phi) is 4.61. The van der Waals surface area contributed by atoms with Gasteiger partial charge in [0.05, 0.1) is 16.9 Å². The van der Waals surface area contributed by atoms with E-state index in [1.165, 1.54) is 12.1 Å². The van der Waals surface area contributed by atoms with Gasteiger partial charge in [0.1, 0.15) is 0 Å². The van der Waals surface area contributed by atoms with E-state index in [-0.39, 0.29) is 24.1 Å². The first-order chi connectivity index (χ1) is 8.10. The van der Waals surface area contributed by atoms with Gasteiger partial charge in [0, 0.05) is 18.7 Å². The van der Waals surface area contributed by atoms with E-state index in [1.807, 2.05) is 6.92 Å². The topological polar surface area (TPSA) is 87.2 Å². The third-order valence-electron chi connectivity index (χ3n) is 2.76. The van der Waals surface area contributed by atoms with Crippen molar-refractivity contribution in [3.8, 4) is 6.07 Å². The molecule has 0 unspecified atom stereocenters. The first kappa shape index (κ1) is 13.1. The van der Waals surface area contributed by atoms with Crippen LogP contribution in [0.4, 0.5) is 5.69 Å². The van der Waals surface area contributed by atoms with Gasteiger partial charge in [0.15, 0.2) is 0 Å². The number of nitrogens with zero attached hydrogens (tertiary/aromatic N) is 2. The van der Waals surface area contributed by atoms with Crippen LogP contribution in [0.1, 0.15) is 24.8 Å². The molecule has 0 saturated carbocycles. The maximum absolute atomic E-state index is 10.5. The molecule has 0 bridgehead atoms. The lowest BCUT2D eigenvalue weighted by Crippen LogP contribution is -2.09. The second-order valence-electron chi connectivity index (χ2n) is 3.94. The Morgan fingerprint density at radius 2 is 2.06 bits per heavy atom. The van der Waals surface area contributed by atoms with Crippen LogP contribution in [0.15, 0.2) is 24.3 Å². The lowest BCUT2D eigenvalue weighted by molar-refractivity contribution is -0.384. The molecule has 1 N–H and O–H groups in total. The monoisotopic (exact) mass is 234 g/mol. The zero-order valence-corrected chi connectivity index (χ0v) is 9.54. The summed E-state index contributed by atoms with van der Waals surface area (Å²) in [7, 11) is 0. The van der Waals surface area contributed by atoms with Crippen molar-refractivity contribution in [1.82, 2.24) is 0 Å². The second kappa shape index (κ2) is 5.97. The highest BCUT2D eigenvalue weighted by atomic mass is 16.6. The van der Waals surface area contributed by atoms with Gasteiger partial charge in [-0.15, -0.1) is 0 Å². The fourth-order valence-electron chi connectivity index (χ4n) is 1.70. The van der Waals surface area contributed by atoms with Crippen LogP contribution in [0.2, 0.25) is 0 Å². The molecule has 0 aliphatic rings. The standard InChI is InChI=1S/C12H14N2O3/c1-9(6-7-15)12(8-13)10-2-4-11(5-3-10)14(16)17/h2-5,9,12,15H,6-7H2,1H3/t9-,12+/m0/s1. The molecule has 17 heavy (non-hydrogen) atoms. The molecule has 90 valence electrons. The van der Waals surface area contributed by atoms with Crippen molar-refractivity contribution in [3.05, 3.63) is 39.9 Å². The molecule has 5 nitrogen and oxygen atoms in total.